The van der Waals surface area contributed by atoms with Gasteiger partial charge >= 0.3 is 0 Å². The molecule has 0 aliphatic carbocycles. The summed E-state index contributed by atoms with van der Waals surface area (Å²) in [5.41, 5.74) is 5.00. The number of nitrogens with zero attached hydrogens (tertiary/aromatic N) is 2. The minimum atomic E-state index is -0.181. The SMILES string of the molecule is CC1(CN)N=N1. The van der Waals surface area contributed by atoms with Crippen molar-refractivity contribution in [3.05, 3.63) is 0 Å². The van der Waals surface area contributed by atoms with Crippen LogP contribution in [0.2, 0.25) is 0 Å². The molecule has 0 amide bonds. The largest absolute Gasteiger partial charge is 0.326 e. The van der Waals surface area contributed by atoms with E-state index in [2.05, 4.69) is 10.2 Å². The molecule has 1 aliphatic rings. The standard InChI is InChI=1S/C3H7N3/c1-3(2-4)5-6-3/h2,4H2,1H3. The molecule has 0 radical (unpaired) electrons. The molecule has 1 heterocycles. The lowest BCUT2D eigenvalue weighted by Gasteiger charge is -1.90. The third-order valence-corrected chi connectivity index (χ3v) is 0.828. The summed E-state index contributed by atoms with van der Waals surface area (Å²) in [6, 6.07) is 0. The number of nitrogens with two attached hydrogens (primary N) is 1. The number of hydrogen-bond donors (Lipinski definition) is 1. The minimum Gasteiger partial charge on any atom is -0.326 e. The van der Waals surface area contributed by atoms with Gasteiger partial charge in [-0.1, -0.05) is 0 Å². The van der Waals surface area contributed by atoms with Crippen LogP contribution < -0.4 is 5.73 Å². The van der Waals surface area contributed by atoms with Gasteiger partial charge in [0, 0.05) is 6.54 Å². The van der Waals surface area contributed by atoms with Crippen LogP contribution in [0.4, 0.5) is 0 Å². The van der Waals surface area contributed by atoms with Crippen molar-refractivity contribution in [1.82, 2.24) is 0 Å². The van der Waals surface area contributed by atoms with E-state index in [1.807, 2.05) is 6.92 Å². The molecule has 0 saturated carbocycles. The van der Waals surface area contributed by atoms with Crippen LogP contribution in [0.15, 0.2) is 10.2 Å². The summed E-state index contributed by atoms with van der Waals surface area (Å²) >= 11 is 0. The van der Waals surface area contributed by atoms with E-state index in [9.17, 15) is 0 Å². The smallest absolute Gasteiger partial charge is 0.200 e. The van der Waals surface area contributed by atoms with E-state index in [-0.39, 0.29) is 5.66 Å². The second kappa shape index (κ2) is 0.789. The molecule has 0 fully saturated rings. The van der Waals surface area contributed by atoms with Gasteiger partial charge in [-0.15, -0.1) is 0 Å². The van der Waals surface area contributed by atoms with Gasteiger partial charge in [-0.25, -0.2) is 0 Å². The van der Waals surface area contributed by atoms with Crippen molar-refractivity contribution in [2.75, 3.05) is 6.54 Å². The second-order valence-electron chi connectivity index (χ2n) is 1.62. The van der Waals surface area contributed by atoms with Crippen LogP contribution in [0, 0.1) is 0 Å². The Morgan fingerprint density at radius 2 is 2.17 bits per heavy atom. The molecule has 34 valence electrons. The lowest BCUT2D eigenvalue weighted by atomic mass is 10.3. The van der Waals surface area contributed by atoms with Crippen LogP contribution in [0.3, 0.4) is 0 Å². The molecule has 0 spiro atoms. The van der Waals surface area contributed by atoms with Crippen molar-refractivity contribution in [3.8, 4) is 0 Å². The van der Waals surface area contributed by atoms with Crippen molar-refractivity contribution in [2.24, 2.45) is 16.0 Å². The monoisotopic (exact) mass is 85.1 g/mol. The van der Waals surface area contributed by atoms with E-state index in [4.69, 9.17) is 5.73 Å². The zero-order chi connectivity index (χ0) is 4.62. The second-order valence-corrected chi connectivity index (χ2v) is 1.62. The summed E-state index contributed by atoms with van der Waals surface area (Å²) in [6.07, 6.45) is 0. The van der Waals surface area contributed by atoms with E-state index in [1.165, 1.54) is 0 Å². The van der Waals surface area contributed by atoms with Crippen LogP contribution in [0.1, 0.15) is 6.92 Å². The molecule has 0 aromatic carbocycles. The van der Waals surface area contributed by atoms with Gasteiger partial charge in [-0.2, -0.15) is 10.2 Å². The molecule has 2 N–H and O–H groups in total. The Kier molecular flexibility index (Phi) is 0.492. The maximum absolute atomic E-state index is 5.18. The Balaban J connectivity index is 2.32. The number of rotatable bonds is 1. The summed E-state index contributed by atoms with van der Waals surface area (Å²) in [5.74, 6) is 0. The topological polar surface area (TPSA) is 50.7 Å². The summed E-state index contributed by atoms with van der Waals surface area (Å²) < 4.78 is 0. The van der Waals surface area contributed by atoms with Crippen LogP contribution >= 0.6 is 0 Å². The van der Waals surface area contributed by atoms with E-state index in [0.29, 0.717) is 6.54 Å². The highest BCUT2D eigenvalue weighted by Gasteiger charge is 2.30. The molecule has 6 heavy (non-hydrogen) atoms. The van der Waals surface area contributed by atoms with Gasteiger partial charge in [0.2, 0.25) is 0 Å². The lowest BCUT2D eigenvalue weighted by Crippen LogP contribution is -2.18. The molecular formula is C3H7N3. The van der Waals surface area contributed by atoms with Crippen molar-refractivity contribution in [2.45, 2.75) is 12.6 Å². The Hall–Kier alpha value is -0.440. The van der Waals surface area contributed by atoms with Crippen LogP contribution in [-0.4, -0.2) is 12.2 Å². The van der Waals surface area contributed by atoms with Crippen molar-refractivity contribution in [1.29, 1.82) is 0 Å². The van der Waals surface area contributed by atoms with Gasteiger partial charge in [0.05, 0.1) is 0 Å². The molecular weight excluding hydrogens is 78.1 g/mol. The third kappa shape index (κ3) is 0.408. The fourth-order valence-electron chi connectivity index (χ4n) is 0.167. The molecule has 3 nitrogen and oxygen atoms in total. The maximum atomic E-state index is 5.18. The molecule has 1 rings (SSSR count). The van der Waals surface area contributed by atoms with Crippen LogP contribution in [0.5, 0.6) is 0 Å². The highest BCUT2D eigenvalue weighted by Crippen LogP contribution is 2.23. The van der Waals surface area contributed by atoms with E-state index in [0.717, 1.165) is 0 Å². The van der Waals surface area contributed by atoms with Crippen molar-refractivity contribution >= 4 is 0 Å². The molecule has 0 unspecified atom stereocenters. The first-order valence-corrected chi connectivity index (χ1v) is 1.91. The summed E-state index contributed by atoms with van der Waals surface area (Å²) in [4.78, 5) is 0. The highest BCUT2D eigenvalue weighted by atomic mass is 15.4. The normalized spacial score (nSPS) is 24.3. The Bertz CT molecular complexity index is 80.0. The molecule has 1 aliphatic heterocycles. The fourth-order valence-corrected chi connectivity index (χ4v) is 0.167. The predicted octanol–water partition coefficient (Wildman–Crippen LogP) is 0.127. The molecule has 0 aromatic rings. The maximum Gasteiger partial charge on any atom is 0.200 e. The summed E-state index contributed by atoms with van der Waals surface area (Å²) in [7, 11) is 0. The van der Waals surface area contributed by atoms with E-state index < -0.39 is 0 Å². The predicted molar refractivity (Wildman–Crippen MR) is 22.3 cm³/mol. The molecule has 0 bridgehead atoms. The van der Waals surface area contributed by atoms with Gasteiger partial charge in [0.1, 0.15) is 0 Å². The highest BCUT2D eigenvalue weighted by molar-refractivity contribution is 4.88. The van der Waals surface area contributed by atoms with Crippen molar-refractivity contribution < 1.29 is 0 Å². The average Bonchev–Trinajstić information content (AvgIpc) is 2.22. The number of hydrogen-bond acceptors (Lipinski definition) is 3. The Morgan fingerprint density at radius 1 is 1.67 bits per heavy atom. The molecule has 3 heteroatoms. The zero-order valence-electron chi connectivity index (χ0n) is 3.68. The van der Waals surface area contributed by atoms with E-state index in [1.54, 1.807) is 0 Å². The first-order chi connectivity index (χ1) is 2.77. The van der Waals surface area contributed by atoms with Crippen LogP contribution in [0.25, 0.3) is 0 Å². The van der Waals surface area contributed by atoms with Gasteiger partial charge in [-0.05, 0) is 6.92 Å². The summed E-state index contributed by atoms with van der Waals surface area (Å²) in [5, 5.41) is 7.31. The lowest BCUT2D eigenvalue weighted by molar-refractivity contribution is 0.678. The zero-order valence-corrected chi connectivity index (χ0v) is 3.68. The quantitative estimate of drug-likeness (QED) is 0.483. The average molecular weight is 85.1 g/mol. The molecule has 0 atom stereocenters. The molecule has 0 saturated heterocycles. The van der Waals surface area contributed by atoms with Crippen LogP contribution in [-0.2, 0) is 0 Å². The van der Waals surface area contributed by atoms with E-state index >= 15 is 0 Å². The van der Waals surface area contributed by atoms with Gasteiger partial charge < -0.3 is 5.73 Å². The van der Waals surface area contributed by atoms with Gasteiger partial charge in [0.25, 0.3) is 0 Å². The van der Waals surface area contributed by atoms with Gasteiger partial charge in [0.15, 0.2) is 5.66 Å². The van der Waals surface area contributed by atoms with Crippen molar-refractivity contribution in [3.63, 3.8) is 0 Å². The minimum absolute atomic E-state index is 0.181. The fraction of sp³-hybridized carbons (Fsp3) is 1.00. The third-order valence-electron chi connectivity index (χ3n) is 0.828. The first-order valence-electron chi connectivity index (χ1n) is 1.91. The Labute approximate surface area is 36.2 Å². The Morgan fingerprint density at radius 3 is 2.17 bits per heavy atom. The first kappa shape index (κ1) is 3.74. The summed E-state index contributed by atoms with van der Waals surface area (Å²) in [6.45, 7) is 2.44. The molecule has 0 aromatic heterocycles. The van der Waals surface area contributed by atoms with Gasteiger partial charge in [-0.3, -0.25) is 0 Å².